The highest BCUT2D eigenvalue weighted by Crippen LogP contribution is 2.15. The first-order valence-corrected chi connectivity index (χ1v) is 7.14. The summed E-state index contributed by atoms with van der Waals surface area (Å²) < 4.78 is 5.57. The molecule has 106 valence electrons. The lowest BCUT2D eigenvalue weighted by Crippen LogP contribution is -2.32. The largest absolute Gasteiger partial charge is 0.375 e. The molecule has 2 heteroatoms. The quantitative estimate of drug-likeness (QED) is 0.829. The maximum Gasteiger partial charge on any atom is 0.0945 e. The number of methoxy groups -OCH3 is 1. The van der Waals surface area contributed by atoms with E-state index in [1.807, 2.05) is 6.07 Å². The Morgan fingerprint density at radius 2 is 1.55 bits per heavy atom. The topological polar surface area (TPSA) is 21.3 Å². The number of nitrogens with one attached hydrogen (secondary N) is 1. The molecule has 1 N–H and O–H groups in total. The molecule has 0 spiro atoms. The molecule has 0 aliphatic heterocycles. The average molecular weight is 269 g/mol. The van der Waals surface area contributed by atoms with Crippen LogP contribution in [0.1, 0.15) is 24.2 Å². The third-order valence-corrected chi connectivity index (χ3v) is 3.49. The van der Waals surface area contributed by atoms with Crippen LogP contribution in [0.25, 0.3) is 0 Å². The predicted octanol–water partition coefficient (Wildman–Crippen LogP) is 3.59. The zero-order valence-electron chi connectivity index (χ0n) is 12.3. The van der Waals surface area contributed by atoms with Crippen molar-refractivity contribution in [1.82, 2.24) is 5.32 Å². The molecule has 0 aromatic heterocycles. The second kappa shape index (κ2) is 7.83. The van der Waals surface area contributed by atoms with Crippen molar-refractivity contribution in [3.8, 4) is 0 Å². The highest BCUT2D eigenvalue weighted by molar-refractivity contribution is 5.18. The fourth-order valence-corrected chi connectivity index (χ4v) is 2.35. The summed E-state index contributed by atoms with van der Waals surface area (Å²) >= 11 is 0. The summed E-state index contributed by atoms with van der Waals surface area (Å²) in [6.45, 7) is 3.04. The van der Waals surface area contributed by atoms with Crippen molar-refractivity contribution in [1.29, 1.82) is 0 Å². The fourth-order valence-electron chi connectivity index (χ4n) is 2.35. The maximum atomic E-state index is 5.57. The van der Waals surface area contributed by atoms with Gasteiger partial charge in [0.25, 0.3) is 0 Å². The molecule has 2 rings (SSSR count). The van der Waals surface area contributed by atoms with Gasteiger partial charge in [0.1, 0.15) is 0 Å². The van der Waals surface area contributed by atoms with Gasteiger partial charge in [-0.3, -0.25) is 0 Å². The number of rotatable bonds is 7. The van der Waals surface area contributed by atoms with Gasteiger partial charge in [-0.2, -0.15) is 0 Å². The van der Waals surface area contributed by atoms with E-state index in [1.54, 1.807) is 7.11 Å². The summed E-state index contributed by atoms with van der Waals surface area (Å²) in [7, 11) is 1.77. The molecule has 2 nitrogen and oxygen atoms in total. The van der Waals surface area contributed by atoms with Crippen molar-refractivity contribution in [2.45, 2.75) is 25.5 Å². The van der Waals surface area contributed by atoms with E-state index in [2.05, 4.69) is 66.8 Å². The van der Waals surface area contributed by atoms with Crippen LogP contribution in [-0.4, -0.2) is 19.7 Å². The van der Waals surface area contributed by atoms with Gasteiger partial charge in [0.05, 0.1) is 6.10 Å². The van der Waals surface area contributed by atoms with Crippen molar-refractivity contribution in [3.63, 3.8) is 0 Å². The van der Waals surface area contributed by atoms with E-state index in [-0.39, 0.29) is 6.10 Å². The standard InChI is InChI=1S/C18H23NO/c1-15(13-16-9-5-3-6-10-16)19-14-18(20-2)17-11-7-4-8-12-17/h3-12,15,18-19H,13-14H2,1-2H3. The molecule has 2 aromatic carbocycles. The van der Waals surface area contributed by atoms with Gasteiger partial charge in [-0.15, -0.1) is 0 Å². The van der Waals surface area contributed by atoms with Crippen molar-refractivity contribution in [2.75, 3.05) is 13.7 Å². The zero-order valence-corrected chi connectivity index (χ0v) is 12.3. The second-order valence-electron chi connectivity index (χ2n) is 5.13. The molecule has 0 fully saturated rings. The molecule has 0 heterocycles. The Labute approximate surface area is 121 Å². The monoisotopic (exact) mass is 269 g/mol. The molecule has 2 atom stereocenters. The van der Waals surface area contributed by atoms with Gasteiger partial charge in [0, 0.05) is 19.7 Å². The molecule has 2 aromatic rings. The molecular formula is C18H23NO. The van der Waals surface area contributed by atoms with Crippen molar-refractivity contribution in [3.05, 3.63) is 71.8 Å². The van der Waals surface area contributed by atoms with Crippen LogP contribution in [0, 0.1) is 0 Å². The van der Waals surface area contributed by atoms with E-state index < -0.39 is 0 Å². The van der Waals surface area contributed by atoms with Crippen molar-refractivity contribution in [2.24, 2.45) is 0 Å². The Balaban J connectivity index is 1.84. The van der Waals surface area contributed by atoms with E-state index in [0.717, 1.165) is 13.0 Å². The first-order valence-electron chi connectivity index (χ1n) is 7.14. The Bertz CT molecular complexity index is 483. The van der Waals surface area contributed by atoms with E-state index in [4.69, 9.17) is 4.74 Å². The van der Waals surface area contributed by atoms with Crippen molar-refractivity contribution >= 4 is 0 Å². The minimum atomic E-state index is 0.106. The van der Waals surface area contributed by atoms with Gasteiger partial charge in [0.2, 0.25) is 0 Å². The van der Waals surface area contributed by atoms with Crippen LogP contribution in [0.4, 0.5) is 0 Å². The lowest BCUT2D eigenvalue weighted by atomic mass is 10.1. The van der Waals surface area contributed by atoms with Crippen LogP contribution in [0.15, 0.2) is 60.7 Å². The molecule has 0 amide bonds. The van der Waals surface area contributed by atoms with Gasteiger partial charge in [-0.05, 0) is 24.5 Å². The van der Waals surface area contributed by atoms with Gasteiger partial charge >= 0.3 is 0 Å². The van der Waals surface area contributed by atoms with Crippen LogP contribution in [0.5, 0.6) is 0 Å². The molecule has 0 bridgehead atoms. The Morgan fingerprint density at radius 1 is 0.950 bits per heavy atom. The summed E-state index contributed by atoms with van der Waals surface area (Å²) in [5, 5.41) is 3.56. The lowest BCUT2D eigenvalue weighted by Gasteiger charge is -2.20. The third kappa shape index (κ3) is 4.48. The van der Waals surface area contributed by atoms with Gasteiger partial charge < -0.3 is 10.1 Å². The minimum Gasteiger partial charge on any atom is -0.375 e. The second-order valence-corrected chi connectivity index (χ2v) is 5.13. The first kappa shape index (κ1) is 14.8. The van der Waals surface area contributed by atoms with Crippen LogP contribution >= 0.6 is 0 Å². The molecule has 0 aliphatic rings. The van der Waals surface area contributed by atoms with Gasteiger partial charge in [0.15, 0.2) is 0 Å². The summed E-state index contributed by atoms with van der Waals surface area (Å²) in [6, 6.07) is 21.3. The highest BCUT2D eigenvalue weighted by Gasteiger charge is 2.11. The van der Waals surface area contributed by atoms with Crippen molar-refractivity contribution < 1.29 is 4.74 Å². The van der Waals surface area contributed by atoms with E-state index in [9.17, 15) is 0 Å². The smallest absolute Gasteiger partial charge is 0.0945 e. The fraction of sp³-hybridized carbons (Fsp3) is 0.333. The Morgan fingerprint density at radius 3 is 2.15 bits per heavy atom. The predicted molar refractivity (Wildman–Crippen MR) is 83.8 cm³/mol. The normalized spacial score (nSPS) is 13.9. The Hall–Kier alpha value is -1.64. The van der Waals surface area contributed by atoms with Crippen LogP contribution in [0.2, 0.25) is 0 Å². The number of hydrogen-bond donors (Lipinski definition) is 1. The first-order chi connectivity index (χ1) is 9.79. The van der Waals surface area contributed by atoms with Gasteiger partial charge in [-0.25, -0.2) is 0 Å². The minimum absolute atomic E-state index is 0.106. The van der Waals surface area contributed by atoms with E-state index >= 15 is 0 Å². The molecular weight excluding hydrogens is 246 g/mol. The molecule has 0 radical (unpaired) electrons. The highest BCUT2D eigenvalue weighted by atomic mass is 16.5. The molecule has 0 saturated heterocycles. The number of benzene rings is 2. The maximum absolute atomic E-state index is 5.57. The van der Waals surface area contributed by atoms with Crippen LogP contribution in [-0.2, 0) is 11.2 Å². The van der Waals surface area contributed by atoms with E-state index in [0.29, 0.717) is 6.04 Å². The zero-order chi connectivity index (χ0) is 14.2. The van der Waals surface area contributed by atoms with Gasteiger partial charge in [-0.1, -0.05) is 60.7 Å². The summed E-state index contributed by atoms with van der Waals surface area (Å²) in [5.41, 5.74) is 2.58. The third-order valence-electron chi connectivity index (χ3n) is 3.49. The SMILES string of the molecule is COC(CNC(C)Cc1ccccc1)c1ccccc1. The lowest BCUT2D eigenvalue weighted by molar-refractivity contribution is 0.0999. The number of ether oxygens (including phenoxy) is 1. The molecule has 0 saturated carbocycles. The summed E-state index contributed by atoms with van der Waals surface area (Å²) in [5.74, 6) is 0. The molecule has 0 aliphatic carbocycles. The van der Waals surface area contributed by atoms with E-state index in [1.165, 1.54) is 11.1 Å². The summed E-state index contributed by atoms with van der Waals surface area (Å²) in [4.78, 5) is 0. The Kier molecular flexibility index (Phi) is 5.78. The van der Waals surface area contributed by atoms with Crippen LogP contribution in [0.3, 0.4) is 0 Å². The van der Waals surface area contributed by atoms with Crippen LogP contribution < -0.4 is 5.32 Å². The molecule has 20 heavy (non-hydrogen) atoms. The average Bonchev–Trinajstić information content (AvgIpc) is 2.50. The summed E-state index contributed by atoms with van der Waals surface area (Å²) in [6.07, 6.45) is 1.14. The number of hydrogen-bond acceptors (Lipinski definition) is 2. The molecule has 2 unspecified atom stereocenters.